The molecule has 0 radical (unpaired) electrons. The second kappa shape index (κ2) is 9.72. The molecular formula is C24H28N4O4. The molecule has 168 valence electrons. The van der Waals surface area contributed by atoms with Crippen molar-refractivity contribution in [3.05, 3.63) is 54.1 Å². The fourth-order valence-electron chi connectivity index (χ4n) is 3.67. The third-order valence-corrected chi connectivity index (χ3v) is 5.81. The van der Waals surface area contributed by atoms with Crippen LogP contribution in [0.25, 0.3) is 0 Å². The van der Waals surface area contributed by atoms with Gasteiger partial charge in [0.1, 0.15) is 5.75 Å². The zero-order valence-corrected chi connectivity index (χ0v) is 18.2. The quantitative estimate of drug-likeness (QED) is 0.696. The first-order valence-electron chi connectivity index (χ1n) is 10.9. The molecule has 0 aromatic heterocycles. The van der Waals surface area contributed by atoms with E-state index in [0.717, 1.165) is 24.3 Å². The van der Waals surface area contributed by atoms with Gasteiger partial charge in [-0.1, -0.05) is 0 Å². The topological polar surface area (TPSA) is 91.0 Å². The third kappa shape index (κ3) is 5.38. The van der Waals surface area contributed by atoms with Crippen molar-refractivity contribution in [2.45, 2.75) is 12.8 Å². The van der Waals surface area contributed by atoms with Crippen molar-refractivity contribution in [3.63, 3.8) is 0 Å². The highest BCUT2D eigenvalue weighted by atomic mass is 16.5. The number of carbonyl (C=O) groups excluding carboxylic acids is 3. The molecular weight excluding hydrogens is 408 g/mol. The summed E-state index contributed by atoms with van der Waals surface area (Å²) in [6.45, 7) is 2.54. The molecule has 2 N–H and O–H groups in total. The van der Waals surface area contributed by atoms with Crippen LogP contribution in [0.1, 0.15) is 23.2 Å². The number of rotatable bonds is 7. The lowest BCUT2D eigenvalue weighted by Crippen LogP contribution is -2.52. The summed E-state index contributed by atoms with van der Waals surface area (Å²) >= 11 is 0. The molecule has 3 amide bonds. The highest BCUT2D eigenvalue weighted by molar-refractivity contribution is 6.04. The summed E-state index contributed by atoms with van der Waals surface area (Å²) in [6, 6.07) is 14.1. The van der Waals surface area contributed by atoms with Crippen molar-refractivity contribution >= 4 is 29.1 Å². The second-order valence-electron chi connectivity index (χ2n) is 8.09. The summed E-state index contributed by atoms with van der Waals surface area (Å²) in [5, 5.41) is 5.96. The Morgan fingerprint density at radius 2 is 1.47 bits per heavy atom. The van der Waals surface area contributed by atoms with E-state index < -0.39 is 0 Å². The van der Waals surface area contributed by atoms with Crippen molar-refractivity contribution in [1.82, 2.24) is 9.80 Å². The lowest BCUT2D eigenvalue weighted by atomic mass is 10.2. The van der Waals surface area contributed by atoms with E-state index in [1.807, 2.05) is 4.90 Å². The Balaban J connectivity index is 1.22. The van der Waals surface area contributed by atoms with Gasteiger partial charge >= 0.3 is 0 Å². The molecule has 4 rings (SSSR count). The van der Waals surface area contributed by atoms with Crippen LogP contribution in [0, 0.1) is 5.92 Å². The van der Waals surface area contributed by atoms with Gasteiger partial charge < -0.3 is 25.2 Å². The largest absolute Gasteiger partial charge is 0.497 e. The molecule has 0 unspecified atom stereocenters. The Morgan fingerprint density at radius 1 is 0.875 bits per heavy atom. The van der Waals surface area contributed by atoms with Crippen molar-refractivity contribution in [2.75, 3.05) is 50.5 Å². The number of hydrogen-bond donors (Lipinski definition) is 2. The van der Waals surface area contributed by atoms with E-state index in [1.165, 1.54) is 0 Å². The fraction of sp³-hybridized carbons (Fsp3) is 0.375. The van der Waals surface area contributed by atoms with Crippen molar-refractivity contribution in [3.8, 4) is 5.75 Å². The van der Waals surface area contributed by atoms with Gasteiger partial charge in [-0.15, -0.1) is 0 Å². The van der Waals surface area contributed by atoms with E-state index in [-0.39, 0.29) is 30.2 Å². The molecule has 2 aliphatic rings. The number of nitrogens with zero attached hydrogens (tertiary/aromatic N) is 2. The number of anilines is 2. The van der Waals surface area contributed by atoms with E-state index in [9.17, 15) is 14.4 Å². The predicted molar refractivity (Wildman–Crippen MR) is 122 cm³/mol. The minimum absolute atomic E-state index is 0.00449. The molecule has 1 saturated heterocycles. The molecule has 8 heteroatoms. The molecule has 1 saturated carbocycles. The van der Waals surface area contributed by atoms with Crippen molar-refractivity contribution in [1.29, 1.82) is 0 Å². The molecule has 2 aromatic carbocycles. The Morgan fingerprint density at radius 3 is 2.06 bits per heavy atom. The normalized spacial score (nSPS) is 15.8. The summed E-state index contributed by atoms with van der Waals surface area (Å²) < 4.78 is 5.11. The molecule has 1 aliphatic heterocycles. The molecule has 0 atom stereocenters. The average Bonchev–Trinajstić information content (AvgIpc) is 3.68. The molecule has 0 bridgehead atoms. The maximum absolute atomic E-state index is 12.5. The second-order valence-corrected chi connectivity index (χ2v) is 8.09. The highest BCUT2D eigenvalue weighted by Crippen LogP contribution is 2.31. The van der Waals surface area contributed by atoms with Gasteiger partial charge in [-0.2, -0.15) is 0 Å². The minimum atomic E-state index is -0.212. The first-order chi connectivity index (χ1) is 15.5. The number of benzene rings is 2. The number of amides is 3. The van der Waals surface area contributed by atoms with Crippen LogP contribution in [0.3, 0.4) is 0 Å². The molecule has 1 aliphatic carbocycles. The predicted octanol–water partition coefficient (Wildman–Crippen LogP) is 2.44. The smallest absolute Gasteiger partial charge is 0.255 e. The van der Waals surface area contributed by atoms with Crippen molar-refractivity contribution < 1.29 is 19.1 Å². The molecule has 2 aromatic rings. The van der Waals surface area contributed by atoms with Crippen LogP contribution in [-0.2, 0) is 9.59 Å². The van der Waals surface area contributed by atoms with Crippen LogP contribution < -0.4 is 15.4 Å². The van der Waals surface area contributed by atoms with Crippen LogP contribution in [0.5, 0.6) is 5.75 Å². The Bertz CT molecular complexity index is 962. The van der Waals surface area contributed by atoms with Gasteiger partial charge in [-0.05, 0) is 61.4 Å². The van der Waals surface area contributed by atoms with Gasteiger partial charge in [-0.3, -0.25) is 14.4 Å². The minimum Gasteiger partial charge on any atom is -0.497 e. The fourth-order valence-corrected chi connectivity index (χ4v) is 3.67. The van der Waals surface area contributed by atoms with E-state index in [2.05, 4.69) is 10.6 Å². The maximum atomic E-state index is 12.5. The van der Waals surface area contributed by atoms with Gasteiger partial charge in [0.2, 0.25) is 11.8 Å². The number of piperazine rings is 1. The van der Waals surface area contributed by atoms with Gasteiger partial charge in [0.05, 0.1) is 13.7 Å². The summed E-state index contributed by atoms with van der Waals surface area (Å²) in [5.74, 6) is 0.981. The number of ether oxygens (including phenoxy) is 1. The number of carbonyl (C=O) groups is 3. The summed E-state index contributed by atoms with van der Waals surface area (Å²) in [6.07, 6.45) is 2.01. The van der Waals surface area contributed by atoms with E-state index >= 15 is 0 Å². The van der Waals surface area contributed by atoms with Crippen LogP contribution in [0.4, 0.5) is 11.4 Å². The highest BCUT2D eigenvalue weighted by Gasteiger charge is 2.35. The standard InChI is InChI=1S/C24H28N4O4/c1-32-21-10-8-20(9-11-21)26-23(30)17-4-6-19(7-5-17)25-16-22(29)27-12-14-28(15-13-27)24(31)18-2-3-18/h4-11,18,25H,2-3,12-16H2,1H3,(H,26,30). The molecule has 0 spiro atoms. The lowest BCUT2D eigenvalue weighted by molar-refractivity contribution is -0.139. The molecule has 8 nitrogen and oxygen atoms in total. The molecule has 1 heterocycles. The number of hydrogen-bond acceptors (Lipinski definition) is 5. The zero-order valence-electron chi connectivity index (χ0n) is 18.2. The lowest BCUT2D eigenvalue weighted by Gasteiger charge is -2.35. The number of methoxy groups -OCH3 is 1. The monoisotopic (exact) mass is 436 g/mol. The van der Waals surface area contributed by atoms with Gasteiger partial charge in [-0.25, -0.2) is 0 Å². The molecule has 2 fully saturated rings. The molecule has 32 heavy (non-hydrogen) atoms. The summed E-state index contributed by atoms with van der Waals surface area (Å²) in [5.41, 5.74) is 1.97. The van der Waals surface area contributed by atoms with Crippen LogP contribution in [0.15, 0.2) is 48.5 Å². The maximum Gasteiger partial charge on any atom is 0.255 e. The SMILES string of the molecule is COc1ccc(NC(=O)c2ccc(NCC(=O)N3CCN(C(=O)C4CC4)CC3)cc2)cc1. The average molecular weight is 437 g/mol. The first kappa shape index (κ1) is 21.7. The zero-order chi connectivity index (χ0) is 22.5. The van der Waals surface area contributed by atoms with Gasteiger partial charge in [0.25, 0.3) is 5.91 Å². The van der Waals surface area contributed by atoms with Gasteiger partial charge in [0, 0.05) is 49.0 Å². The summed E-state index contributed by atoms with van der Waals surface area (Å²) in [7, 11) is 1.59. The Kier molecular flexibility index (Phi) is 6.58. The van der Waals surface area contributed by atoms with Crippen LogP contribution >= 0.6 is 0 Å². The third-order valence-electron chi connectivity index (χ3n) is 5.81. The van der Waals surface area contributed by atoms with Crippen molar-refractivity contribution in [2.24, 2.45) is 5.92 Å². The first-order valence-corrected chi connectivity index (χ1v) is 10.9. The van der Waals surface area contributed by atoms with E-state index in [0.29, 0.717) is 37.4 Å². The summed E-state index contributed by atoms with van der Waals surface area (Å²) in [4.78, 5) is 40.7. The number of nitrogens with one attached hydrogen (secondary N) is 2. The van der Waals surface area contributed by atoms with E-state index in [1.54, 1.807) is 60.5 Å². The Labute approximate surface area is 187 Å². The van der Waals surface area contributed by atoms with E-state index in [4.69, 9.17) is 4.74 Å². The van der Waals surface area contributed by atoms with Crippen LogP contribution in [-0.4, -0.2) is 67.4 Å². The van der Waals surface area contributed by atoms with Crippen LogP contribution in [0.2, 0.25) is 0 Å². The van der Waals surface area contributed by atoms with Gasteiger partial charge in [0.15, 0.2) is 0 Å². The Hall–Kier alpha value is -3.55.